The van der Waals surface area contributed by atoms with E-state index in [2.05, 4.69) is 38.1 Å². The van der Waals surface area contributed by atoms with Crippen molar-refractivity contribution in [1.29, 1.82) is 0 Å². The Morgan fingerprint density at radius 3 is 2.44 bits per heavy atom. The predicted molar refractivity (Wildman–Crippen MR) is 67.5 cm³/mol. The molecule has 1 heterocycles. The van der Waals surface area contributed by atoms with E-state index in [0.717, 1.165) is 19.0 Å². The lowest BCUT2D eigenvalue weighted by atomic mass is 10.2. The van der Waals surface area contributed by atoms with Crippen LogP contribution in [0.2, 0.25) is 0 Å². The normalized spacial score (nSPS) is 17.9. The summed E-state index contributed by atoms with van der Waals surface area (Å²) in [4.78, 5) is 0. The van der Waals surface area contributed by atoms with Crippen LogP contribution in [0.3, 0.4) is 0 Å². The quantitative estimate of drug-likeness (QED) is 0.803. The van der Waals surface area contributed by atoms with Crippen molar-refractivity contribution in [3.8, 4) is 0 Å². The summed E-state index contributed by atoms with van der Waals surface area (Å²) >= 11 is 1.88. The van der Waals surface area contributed by atoms with Gasteiger partial charge in [-0.25, -0.2) is 0 Å². The molecule has 1 aromatic rings. The van der Waals surface area contributed by atoms with E-state index in [0.29, 0.717) is 0 Å². The zero-order chi connectivity index (χ0) is 11.4. The van der Waals surface area contributed by atoms with Crippen molar-refractivity contribution in [2.45, 2.75) is 30.6 Å². The van der Waals surface area contributed by atoms with Gasteiger partial charge in [0.15, 0.2) is 6.29 Å². The topological polar surface area (TPSA) is 18.5 Å². The van der Waals surface area contributed by atoms with Gasteiger partial charge in [-0.1, -0.05) is 30.3 Å². The van der Waals surface area contributed by atoms with Gasteiger partial charge in [-0.2, -0.15) is 0 Å². The monoisotopic (exact) mass is 238 g/mol. The summed E-state index contributed by atoms with van der Waals surface area (Å²) in [5.74, 6) is 0.997. The molecule has 1 saturated heterocycles. The molecular weight excluding hydrogens is 220 g/mol. The Bertz CT molecular complexity index is 318. The zero-order valence-corrected chi connectivity index (χ0v) is 10.6. The first kappa shape index (κ1) is 12.0. The van der Waals surface area contributed by atoms with E-state index in [1.807, 2.05) is 17.8 Å². The van der Waals surface area contributed by atoms with Gasteiger partial charge < -0.3 is 9.47 Å². The van der Waals surface area contributed by atoms with Crippen LogP contribution in [0.5, 0.6) is 0 Å². The highest BCUT2D eigenvalue weighted by atomic mass is 32.2. The minimum Gasteiger partial charge on any atom is -0.349 e. The van der Waals surface area contributed by atoms with Gasteiger partial charge in [0.2, 0.25) is 0 Å². The smallest absolute Gasteiger partial charge is 0.171 e. The van der Waals surface area contributed by atoms with E-state index >= 15 is 0 Å². The van der Waals surface area contributed by atoms with Crippen LogP contribution < -0.4 is 0 Å². The molecular formula is C13H18O2S. The second-order valence-electron chi connectivity index (χ2n) is 4.45. The molecule has 1 aliphatic heterocycles. The molecule has 1 aromatic carbocycles. The van der Waals surface area contributed by atoms with Crippen molar-refractivity contribution >= 4 is 11.8 Å². The van der Waals surface area contributed by atoms with Crippen molar-refractivity contribution in [3.63, 3.8) is 0 Å². The minimum atomic E-state index is -0.0683. The fraction of sp³-hybridized carbons (Fsp3) is 0.538. The summed E-state index contributed by atoms with van der Waals surface area (Å²) in [6, 6.07) is 10.5. The van der Waals surface area contributed by atoms with Crippen LogP contribution in [0, 0.1) is 0 Å². The molecule has 3 heteroatoms. The molecule has 0 aliphatic carbocycles. The summed E-state index contributed by atoms with van der Waals surface area (Å²) in [7, 11) is 0. The third-order valence-corrected chi connectivity index (χ3v) is 4.06. The van der Waals surface area contributed by atoms with Crippen molar-refractivity contribution in [2.75, 3.05) is 13.2 Å². The average molecular weight is 238 g/mol. The Morgan fingerprint density at radius 2 is 1.81 bits per heavy atom. The molecule has 1 aliphatic rings. The number of rotatable bonds is 4. The number of hydrogen-bond donors (Lipinski definition) is 0. The van der Waals surface area contributed by atoms with E-state index < -0.39 is 0 Å². The van der Waals surface area contributed by atoms with E-state index in [-0.39, 0.29) is 11.0 Å². The molecule has 0 atom stereocenters. The average Bonchev–Trinajstić information content (AvgIpc) is 2.82. The molecule has 1 fully saturated rings. The fourth-order valence-electron chi connectivity index (χ4n) is 1.67. The van der Waals surface area contributed by atoms with E-state index in [9.17, 15) is 0 Å². The molecule has 0 aromatic heterocycles. The summed E-state index contributed by atoms with van der Waals surface area (Å²) < 4.78 is 11.1. The van der Waals surface area contributed by atoms with Crippen LogP contribution in [0.25, 0.3) is 0 Å². The summed E-state index contributed by atoms with van der Waals surface area (Å²) in [5.41, 5.74) is 1.35. The lowest BCUT2D eigenvalue weighted by Gasteiger charge is -2.29. The number of ether oxygens (including phenoxy) is 2. The Morgan fingerprint density at radius 1 is 1.19 bits per heavy atom. The summed E-state index contributed by atoms with van der Waals surface area (Å²) in [6.45, 7) is 5.80. The molecule has 0 N–H and O–H groups in total. The minimum absolute atomic E-state index is 0.00629. The molecule has 0 saturated carbocycles. The first-order valence-corrected chi connectivity index (χ1v) is 6.58. The second kappa shape index (κ2) is 5.21. The third-order valence-electron chi connectivity index (χ3n) is 2.64. The van der Waals surface area contributed by atoms with E-state index in [1.54, 1.807) is 0 Å². The largest absolute Gasteiger partial charge is 0.349 e. The van der Waals surface area contributed by atoms with Crippen molar-refractivity contribution < 1.29 is 9.47 Å². The molecule has 88 valence electrons. The van der Waals surface area contributed by atoms with Gasteiger partial charge in [-0.15, -0.1) is 11.8 Å². The van der Waals surface area contributed by atoms with Crippen LogP contribution >= 0.6 is 11.8 Å². The number of hydrogen-bond acceptors (Lipinski definition) is 3. The molecule has 16 heavy (non-hydrogen) atoms. The molecule has 0 bridgehead atoms. The first-order chi connectivity index (χ1) is 7.68. The molecule has 0 radical (unpaired) electrons. The Balaban J connectivity index is 1.89. The van der Waals surface area contributed by atoms with Crippen molar-refractivity contribution in [1.82, 2.24) is 0 Å². The Hall–Kier alpha value is -0.510. The van der Waals surface area contributed by atoms with Crippen LogP contribution in [0.15, 0.2) is 30.3 Å². The van der Waals surface area contributed by atoms with E-state index in [1.165, 1.54) is 5.56 Å². The number of benzene rings is 1. The summed E-state index contributed by atoms with van der Waals surface area (Å²) in [5, 5.41) is 0. The van der Waals surface area contributed by atoms with Crippen LogP contribution in [0.4, 0.5) is 0 Å². The molecule has 0 spiro atoms. The van der Waals surface area contributed by atoms with Gasteiger partial charge in [0.05, 0.1) is 18.0 Å². The van der Waals surface area contributed by atoms with E-state index in [4.69, 9.17) is 9.47 Å². The van der Waals surface area contributed by atoms with Gasteiger partial charge >= 0.3 is 0 Å². The highest BCUT2D eigenvalue weighted by Crippen LogP contribution is 2.34. The zero-order valence-electron chi connectivity index (χ0n) is 9.81. The van der Waals surface area contributed by atoms with Gasteiger partial charge in [0.25, 0.3) is 0 Å². The summed E-state index contributed by atoms with van der Waals surface area (Å²) in [6.07, 6.45) is -0.0683. The van der Waals surface area contributed by atoms with Crippen molar-refractivity contribution in [3.05, 3.63) is 35.9 Å². The fourth-order valence-corrected chi connectivity index (χ4v) is 2.67. The predicted octanol–water partition coefficient (Wildman–Crippen LogP) is 3.07. The number of thioether (sulfide) groups is 1. The van der Waals surface area contributed by atoms with Gasteiger partial charge in [0, 0.05) is 5.75 Å². The molecule has 0 unspecified atom stereocenters. The Labute approximate surface area is 101 Å². The highest BCUT2D eigenvalue weighted by Gasteiger charge is 2.34. The maximum Gasteiger partial charge on any atom is 0.171 e. The maximum absolute atomic E-state index is 5.56. The van der Waals surface area contributed by atoms with Crippen molar-refractivity contribution in [2.24, 2.45) is 0 Å². The maximum atomic E-state index is 5.56. The molecule has 2 nitrogen and oxygen atoms in total. The SMILES string of the molecule is CC(C)(SCc1ccccc1)C1OCCO1. The van der Waals surface area contributed by atoms with Crippen LogP contribution in [-0.4, -0.2) is 24.3 Å². The van der Waals surface area contributed by atoms with Crippen LogP contribution in [0.1, 0.15) is 19.4 Å². The second-order valence-corrected chi connectivity index (χ2v) is 6.08. The van der Waals surface area contributed by atoms with Gasteiger partial charge in [0.1, 0.15) is 0 Å². The lowest BCUT2D eigenvalue weighted by molar-refractivity contribution is -0.0613. The third kappa shape index (κ3) is 3.00. The molecule has 0 amide bonds. The lowest BCUT2D eigenvalue weighted by Crippen LogP contribution is -2.33. The Kier molecular flexibility index (Phi) is 3.90. The van der Waals surface area contributed by atoms with Gasteiger partial charge in [-0.3, -0.25) is 0 Å². The first-order valence-electron chi connectivity index (χ1n) is 5.59. The van der Waals surface area contributed by atoms with Crippen LogP contribution in [-0.2, 0) is 15.2 Å². The highest BCUT2D eigenvalue weighted by molar-refractivity contribution is 7.99. The molecule has 2 rings (SSSR count). The standard InChI is InChI=1S/C13H18O2S/c1-13(2,12-14-8-9-15-12)16-10-11-6-4-3-5-7-11/h3-7,12H,8-10H2,1-2H3. The van der Waals surface area contributed by atoms with Gasteiger partial charge in [-0.05, 0) is 19.4 Å².